The Hall–Kier alpha value is -3.49. The van der Waals surface area contributed by atoms with Crippen LogP contribution in [0.15, 0.2) is 41.5 Å². The molecule has 27 heavy (non-hydrogen) atoms. The monoisotopic (exact) mass is 364 g/mol. The van der Waals surface area contributed by atoms with Gasteiger partial charge in [0.1, 0.15) is 12.4 Å². The average molecular weight is 364 g/mol. The Morgan fingerprint density at radius 2 is 2.19 bits per heavy atom. The van der Waals surface area contributed by atoms with E-state index in [1.807, 2.05) is 12.1 Å². The number of oxazole rings is 1. The van der Waals surface area contributed by atoms with E-state index in [2.05, 4.69) is 25.5 Å². The zero-order valence-corrected chi connectivity index (χ0v) is 14.3. The van der Waals surface area contributed by atoms with Crippen molar-refractivity contribution in [2.24, 2.45) is 0 Å². The van der Waals surface area contributed by atoms with E-state index in [0.29, 0.717) is 17.9 Å². The van der Waals surface area contributed by atoms with Gasteiger partial charge in [-0.2, -0.15) is 5.10 Å². The Labute approximate surface area is 153 Å². The van der Waals surface area contributed by atoms with Crippen LogP contribution in [0, 0.1) is 0 Å². The summed E-state index contributed by atoms with van der Waals surface area (Å²) in [6, 6.07) is 5.35. The number of nitrogens with one attached hydrogen (secondary N) is 2. The van der Waals surface area contributed by atoms with Crippen LogP contribution in [0.25, 0.3) is 0 Å². The molecular formula is C18H16N6O3. The second kappa shape index (κ2) is 6.04. The lowest BCUT2D eigenvalue weighted by Gasteiger charge is -2.22. The number of hydrogen-bond acceptors (Lipinski definition) is 6. The molecule has 5 rings (SSSR count). The number of carbonyl (C=O) groups is 2. The van der Waals surface area contributed by atoms with E-state index < -0.39 is 6.04 Å². The highest BCUT2D eigenvalue weighted by Crippen LogP contribution is 2.39. The van der Waals surface area contributed by atoms with E-state index in [9.17, 15) is 9.59 Å². The van der Waals surface area contributed by atoms with Gasteiger partial charge in [0, 0.05) is 18.2 Å². The zero-order chi connectivity index (χ0) is 18.4. The number of carbonyl (C=O) groups excluding carboxylic acids is 2. The van der Waals surface area contributed by atoms with Gasteiger partial charge < -0.3 is 14.6 Å². The SMILES string of the molecule is O=C(NC1CC1)c1ccc2c(c1)CN(C(=O)c1ncn[nH]1)C2c1cnco1. The van der Waals surface area contributed by atoms with Gasteiger partial charge in [-0.15, -0.1) is 0 Å². The molecule has 136 valence electrons. The molecule has 1 unspecified atom stereocenters. The number of rotatable bonds is 4. The van der Waals surface area contributed by atoms with Crippen molar-refractivity contribution in [2.45, 2.75) is 31.5 Å². The highest BCUT2D eigenvalue weighted by molar-refractivity contribution is 5.95. The first kappa shape index (κ1) is 15.7. The minimum Gasteiger partial charge on any atom is -0.446 e. The Bertz CT molecular complexity index is 994. The first-order valence-electron chi connectivity index (χ1n) is 8.69. The van der Waals surface area contributed by atoms with Gasteiger partial charge in [0.05, 0.1) is 6.20 Å². The topological polar surface area (TPSA) is 117 Å². The van der Waals surface area contributed by atoms with Gasteiger partial charge in [-0.3, -0.25) is 14.7 Å². The molecule has 1 aromatic carbocycles. The number of H-pyrrole nitrogens is 1. The van der Waals surface area contributed by atoms with Crippen LogP contribution in [0.3, 0.4) is 0 Å². The first-order chi connectivity index (χ1) is 13.2. The van der Waals surface area contributed by atoms with Crippen molar-refractivity contribution in [3.05, 3.63) is 65.4 Å². The van der Waals surface area contributed by atoms with E-state index in [1.54, 1.807) is 17.2 Å². The number of nitrogens with zero attached hydrogens (tertiary/aromatic N) is 4. The van der Waals surface area contributed by atoms with Crippen LogP contribution in [-0.4, -0.2) is 42.9 Å². The lowest BCUT2D eigenvalue weighted by atomic mass is 10.0. The Kier molecular flexibility index (Phi) is 3.52. The highest BCUT2D eigenvalue weighted by Gasteiger charge is 2.38. The molecule has 3 aromatic rings. The normalized spacial score (nSPS) is 18.4. The van der Waals surface area contributed by atoms with Crippen LogP contribution in [0.1, 0.15) is 56.7 Å². The summed E-state index contributed by atoms with van der Waals surface area (Å²) in [5.41, 5.74) is 2.39. The molecule has 1 aliphatic carbocycles. The van der Waals surface area contributed by atoms with Gasteiger partial charge in [0.2, 0.25) is 5.82 Å². The summed E-state index contributed by atoms with van der Waals surface area (Å²) in [6.45, 7) is 0.338. The third-order valence-corrected chi connectivity index (χ3v) is 4.86. The molecule has 3 heterocycles. The predicted molar refractivity (Wildman–Crippen MR) is 91.5 cm³/mol. The van der Waals surface area contributed by atoms with Crippen molar-refractivity contribution in [1.82, 2.24) is 30.4 Å². The molecule has 0 radical (unpaired) electrons. The fourth-order valence-corrected chi connectivity index (χ4v) is 3.39. The molecule has 1 saturated carbocycles. The molecule has 2 aliphatic rings. The Morgan fingerprint density at radius 1 is 1.30 bits per heavy atom. The molecule has 2 aromatic heterocycles. The second-order valence-corrected chi connectivity index (χ2v) is 6.73. The lowest BCUT2D eigenvalue weighted by molar-refractivity contribution is 0.0691. The van der Waals surface area contributed by atoms with E-state index in [0.717, 1.165) is 24.0 Å². The molecule has 1 aliphatic heterocycles. The maximum absolute atomic E-state index is 12.9. The van der Waals surface area contributed by atoms with Gasteiger partial charge in [-0.25, -0.2) is 9.97 Å². The van der Waals surface area contributed by atoms with Crippen LogP contribution in [-0.2, 0) is 6.54 Å². The molecule has 0 bridgehead atoms. The van der Waals surface area contributed by atoms with Crippen LogP contribution in [0.5, 0.6) is 0 Å². The summed E-state index contributed by atoms with van der Waals surface area (Å²) in [5, 5.41) is 9.34. The molecule has 0 spiro atoms. The maximum atomic E-state index is 12.9. The summed E-state index contributed by atoms with van der Waals surface area (Å²) < 4.78 is 5.48. The van der Waals surface area contributed by atoms with Gasteiger partial charge >= 0.3 is 0 Å². The van der Waals surface area contributed by atoms with Crippen LogP contribution < -0.4 is 5.32 Å². The van der Waals surface area contributed by atoms with Crippen molar-refractivity contribution >= 4 is 11.8 Å². The average Bonchev–Trinajstić information content (AvgIpc) is 3.14. The molecule has 9 nitrogen and oxygen atoms in total. The third-order valence-electron chi connectivity index (χ3n) is 4.86. The predicted octanol–water partition coefficient (Wildman–Crippen LogP) is 1.43. The van der Waals surface area contributed by atoms with Gasteiger partial charge in [0.25, 0.3) is 11.8 Å². The molecule has 2 amide bonds. The summed E-state index contributed by atoms with van der Waals surface area (Å²) in [7, 11) is 0. The second-order valence-electron chi connectivity index (χ2n) is 6.73. The van der Waals surface area contributed by atoms with E-state index in [1.165, 1.54) is 12.7 Å². The van der Waals surface area contributed by atoms with Crippen molar-refractivity contribution < 1.29 is 14.0 Å². The van der Waals surface area contributed by atoms with Crippen LogP contribution >= 0.6 is 0 Å². The summed E-state index contributed by atoms with van der Waals surface area (Å²) in [4.78, 5) is 34.8. The van der Waals surface area contributed by atoms with Crippen molar-refractivity contribution in [3.63, 3.8) is 0 Å². The fraction of sp³-hybridized carbons (Fsp3) is 0.278. The number of aromatic amines is 1. The van der Waals surface area contributed by atoms with Crippen molar-refractivity contribution in [2.75, 3.05) is 0 Å². The molecule has 1 fully saturated rings. The summed E-state index contributed by atoms with van der Waals surface area (Å²) >= 11 is 0. The molecular weight excluding hydrogens is 348 g/mol. The van der Waals surface area contributed by atoms with E-state index >= 15 is 0 Å². The lowest BCUT2D eigenvalue weighted by Crippen LogP contribution is -2.30. The Balaban J connectivity index is 1.51. The largest absolute Gasteiger partial charge is 0.446 e. The van der Waals surface area contributed by atoms with E-state index in [-0.39, 0.29) is 23.7 Å². The van der Waals surface area contributed by atoms with Crippen LogP contribution in [0.2, 0.25) is 0 Å². The molecule has 2 N–H and O–H groups in total. The van der Waals surface area contributed by atoms with Gasteiger partial charge in [0.15, 0.2) is 12.2 Å². The summed E-state index contributed by atoms with van der Waals surface area (Å²) in [6.07, 6.45) is 6.28. The first-order valence-corrected chi connectivity index (χ1v) is 8.69. The standard InChI is InChI=1S/C18H16N6O3/c25-17(22-12-2-3-12)10-1-4-13-11(5-10)7-24(15(13)14-6-19-9-27-14)18(26)16-20-8-21-23-16/h1,4-6,8-9,12,15H,2-3,7H2,(H,22,25)(H,20,21,23). The minimum absolute atomic E-state index is 0.0865. The van der Waals surface area contributed by atoms with Crippen LogP contribution in [0.4, 0.5) is 0 Å². The fourth-order valence-electron chi connectivity index (χ4n) is 3.39. The maximum Gasteiger partial charge on any atom is 0.292 e. The quantitative estimate of drug-likeness (QED) is 0.723. The third kappa shape index (κ3) is 2.77. The van der Waals surface area contributed by atoms with Crippen molar-refractivity contribution in [1.29, 1.82) is 0 Å². The van der Waals surface area contributed by atoms with E-state index in [4.69, 9.17) is 4.42 Å². The molecule has 0 saturated heterocycles. The highest BCUT2D eigenvalue weighted by atomic mass is 16.3. The number of benzene rings is 1. The number of aromatic nitrogens is 4. The van der Waals surface area contributed by atoms with Gasteiger partial charge in [-0.1, -0.05) is 6.07 Å². The number of fused-ring (bicyclic) bond motifs is 1. The molecule has 1 atom stereocenters. The number of hydrogen-bond donors (Lipinski definition) is 2. The zero-order valence-electron chi connectivity index (χ0n) is 14.3. The minimum atomic E-state index is -0.430. The Morgan fingerprint density at radius 3 is 2.89 bits per heavy atom. The number of amides is 2. The molecule has 9 heteroatoms. The smallest absolute Gasteiger partial charge is 0.292 e. The summed E-state index contributed by atoms with van der Waals surface area (Å²) in [5.74, 6) is 0.321. The van der Waals surface area contributed by atoms with Crippen molar-refractivity contribution in [3.8, 4) is 0 Å². The van der Waals surface area contributed by atoms with Gasteiger partial charge in [-0.05, 0) is 36.1 Å².